The standard InChI is InChI=1S/C13H17FN2O.ClH/c1-9-3-4-11(12(14)7-9)13(17)16-6-5-15-8-10(16)2;/h3-4,7,10,15H,5-6,8H2,1-2H3;1H. The Balaban J connectivity index is 0.00000162. The maximum atomic E-state index is 13.7. The Morgan fingerprint density at radius 1 is 1.50 bits per heavy atom. The fraction of sp³-hybridized carbons (Fsp3) is 0.462. The summed E-state index contributed by atoms with van der Waals surface area (Å²) in [4.78, 5) is 13.9. The van der Waals surface area contributed by atoms with Crippen LogP contribution in [0.1, 0.15) is 22.8 Å². The van der Waals surface area contributed by atoms with Crippen LogP contribution in [0.15, 0.2) is 18.2 Å². The Hall–Kier alpha value is -1.13. The summed E-state index contributed by atoms with van der Waals surface area (Å²) in [6.07, 6.45) is 0. The number of amides is 1. The molecule has 0 bridgehead atoms. The minimum absolute atomic E-state index is 0. The summed E-state index contributed by atoms with van der Waals surface area (Å²) in [7, 11) is 0. The number of aryl methyl sites for hydroxylation is 1. The van der Waals surface area contributed by atoms with Gasteiger partial charge in [0, 0.05) is 25.7 Å². The van der Waals surface area contributed by atoms with E-state index in [9.17, 15) is 9.18 Å². The van der Waals surface area contributed by atoms with Gasteiger partial charge >= 0.3 is 0 Å². The summed E-state index contributed by atoms with van der Waals surface area (Å²) in [6.45, 7) is 5.94. The summed E-state index contributed by atoms with van der Waals surface area (Å²) in [5.41, 5.74) is 0.997. The van der Waals surface area contributed by atoms with E-state index in [0.717, 1.165) is 18.7 Å². The maximum absolute atomic E-state index is 13.7. The van der Waals surface area contributed by atoms with E-state index in [1.807, 2.05) is 13.8 Å². The number of hydrogen-bond donors (Lipinski definition) is 1. The molecule has 1 saturated heterocycles. The Bertz CT molecular complexity index is 439. The summed E-state index contributed by atoms with van der Waals surface area (Å²) in [6, 6.07) is 4.85. The Kier molecular flexibility index (Phi) is 5.11. The van der Waals surface area contributed by atoms with Crippen LogP contribution in [0.2, 0.25) is 0 Å². The Morgan fingerprint density at radius 2 is 2.22 bits per heavy atom. The van der Waals surface area contributed by atoms with Gasteiger partial charge in [0.2, 0.25) is 0 Å². The zero-order chi connectivity index (χ0) is 12.4. The molecular formula is C13H18ClFN2O. The Labute approximate surface area is 113 Å². The van der Waals surface area contributed by atoms with Crippen LogP contribution < -0.4 is 5.32 Å². The zero-order valence-electron chi connectivity index (χ0n) is 10.6. The molecule has 1 N–H and O–H groups in total. The number of nitrogens with zero attached hydrogens (tertiary/aromatic N) is 1. The topological polar surface area (TPSA) is 32.3 Å². The molecule has 5 heteroatoms. The molecule has 1 amide bonds. The molecule has 0 saturated carbocycles. The zero-order valence-corrected chi connectivity index (χ0v) is 11.4. The largest absolute Gasteiger partial charge is 0.333 e. The molecule has 1 aliphatic rings. The number of carbonyl (C=O) groups excluding carboxylic acids is 1. The lowest BCUT2D eigenvalue weighted by Crippen LogP contribution is -2.52. The first-order valence-corrected chi connectivity index (χ1v) is 5.87. The van der Waals surface area contributed by atoms with Crippen molar-refractivity contribution in [2.75, 3.05) is 19.6 Å². The average molecular weight is 273 g/mol. The highest BCUT2D eigenvalue weighted by Gasteiger charge is 2.25. The van der Waals surface area contributed by atoms with Gasteiger partial charge in [0.25, 0.3) is 5.91 Å². The van der Waals surface area contributed by atoms with E-state index in [1.165, 1.54) is 6.07 Å². The van der Waals surface area contributed by atoms with E-state index < -0.39 is 5.82 Å². The number of carbonyl (C=O) groups is 1. The highest BCUT2D eigenvalue weighted by molar-refractivity contribution is 5.94. The van der Waals surface area contributed by atoms with Gasteiger partial charge in [-0.3, -0.25) is 4.79 Å². The molecule has 1 atom stereocenters. The van der Waals surface area contributed by atoms with Crippen LogP contribution in [-0.2, 0) is 0 Å². The molecule has 3 nitrogen and oxygen atoms in total. The summed E-state index contributed by atoms with van der Waals surface area (Å²) >= 11 is 0. The molecule has 1 heterocycles. The van der Waals surface area contributed by atoms with Crippen molar-refractivity contribution in [1.82, 2.24) is 10.2 Å². The van der Waals surface area contributed by atoms with Crippen LogP contribution in [-0.4, -0.2) is 36.5 Å². The lowest BCUT2D eigenvalue weighted by Gasteiger charge is -2.34. The van der Waals surface area contributed by atoms with Crippen LogP contribution in [0.4, 0.5) is 4.39 Å². The number of nitrogens with one attached hydrogen (secondary N) is 1. The van der Waals surface area contributed by atoms with Gasteiger partial charge < -0.3 is 10.2 Å². The van der Waals surface area contributed by atoms with Crippen molar-refractivity contribution < 1.29 is 9.18 Å². The van der Waals surface area contributed by atoms with Crippen LogP contribution in [0.5, 0.6) is 0 Å². The smallest absolute Gasteiger partial charge is 0.257 e. The van der Waals surface area contributed by atoms with Crippen LogP contribution in [0.3, 0.4) is 0 Å². The van der Waals surface area contributed by atoms with Crippen molar-refractivity contribution in [3.05, 3.63) is 35.1 Å². The molecule has 0 aromatic heterocycles. The molecule has 1 unspecified atom stereocenters. The lowest BCUT2D eigenvalue weighted by atomic mass is 10.1. The summed E-state index contributed by atoms with van der Waals surface area (Å²) < 4.78 is 13.7. The Morgan fingerprint density at radius 3 is 2.83 bits per heavy atom. The van der Waals surface area contributed by atoms with Gasteiger partial charge in [-0.25, -0.2) is 4.39 Å². The molecule has 0 spiro atoms. The monoisotopic (exact) mass is 272 g/mol. The van der Waals surface area contributed by atoms with Gasteiger partial charge in [-0.15, -0.1) is 12.4 Å². The summed E-state index contributed by atoms with van der Waals surface area (Å²) in [5.74, 6) is -0.641. The highest BCUT2D eigenvalue weighted by Crippen LogP contribution is 2.15. The fourth-order valence-electron chi connectivity index (χ4n) is 2.09. The second kappa shape index (κ2) is 6.16. The second-order valence-electron chi connectivity index (χ2n) is 4.53. The van der Waals surface area contributed by atoms with Gasteiger partial charge in [0.15, 0.2) is 0 Å². The third-order valence-electron chi connectivity index (χ3n) is 3.12. The van der Waals surface area contributed by atoms with E-state index in [4.69, 9.17) is 0 Å². The van der Waals surface area contributed by atoms with E-state index in [1.54, 1.807) is 17.0 Å². The number of halogens is 2. The van der Waals surface area contributed by atoms with Crippen molar-refractivity contribution >= 4 is 18.3 Å². The van der Waals surface area contributed by atoms with Crippen LogP contribution in [0.25, 0.3) is 0 Å². The first kappa shape index (κ1) is 14.9. The predicted molar refractivity (Wildman–Crippen MR) is 71.8 cm³/mol. The highest BCUT2D eigenvalue weighted by atomic mass is 35.5. The minimum atomic E-state index is -0.430. The van der Waals surface area contributed by atoms with Crippen LogP contribution >= 0.6 is 12.4 Å². The third kappa shape index (κ3) is 3.00. The van der Waals surface area contributed by atoms with Crippen molar-refractivity contribution in [2.45, 2.75) is 19.9 Å². The number of piperazine rings is 1. The minimum Gasteiger partial charge on any atom is -0.333 e. The second-order valence-corrected chi connectivity index (χ2v) is 4.53. The van der Waals surface area contributed by atoms with Crippen LogP contribution in [0, 0.1) is 12.7 Å². The molecule has 18 heavy (non-hydrogen) atoms. The van der Waals surface area contributed by atoms with Gasteiger partial charge in [-0.1, -0.05) is 6.07 Å². The first-order valence-electron chi connectivity index (χ1n) is 5.87. The number of rotatable bonds is 1. The van der Waals surface area contributed by atoms with Crippen molar-refractivity contribution in [3.8, 4) is 0 Å². The van der Waals surface area contributed by atoms with Gasteiger partial charge in [-0.2, -0.15) is 0 Å². The molecule has 0 radical (unpaired) electrons. The maximum Gasteiger partial charge on any atom is 0.257 e. The fourth-order valence-corrected chi connectivity index (χ4v) is 2.09. The molecule has 100 valence electrons. The molecule has 1 aromatic carbocycles. The third-order valence-corrected chi connectivity index (χ3v) is 3.12. The van der Waals surface area contributed by atoms with Crippen molar-refractivity contribution in [2.24, 2.45) is 0 Å². The molecule has 0 aliphatic carbocycles. The first-order chi connectivity index (χ1) is 8.09. The molecule has 1 fully saturated rings. The SMILES string of the molecule is Cc1ccc(C(=O)N2CCNCC2C)c(F)c1.Cl. The summed E-state index contributed by atoms with van der Waals surface area (Å²) in [5, 5.41) is 3.21. The van der Waals surface area contributed by atoms with E-state index in [-0.39, 0.29) is 29.9 Å². The molecule has 2 rings (SSSR count). The molecule has 1 aromatic rings. The lowest BCUT2D eigenvalue weighted by molar-refractivity contribution is 0.0651. The van der Waals surface area contributed by atoms with Gasteiger partial charge in [0.05, 0.1) is 5.56 Å². The van der Waals surface area contributed by atoms with Crippen molar-refractivity contribution in [3.63, 3.8) is 0 Å². The van der Waals surface area contributed by atoms with E-state index in [2.05, 4.69) is 5.32 Å². The molecular weight excluding hydrogens is 255 g/mol. The molecule has 1 aliphatic heterocycles. The van der Waals surface area contributed by atoms with Gasteiger partial charge in [-0.05, 0) is 31.5 Å². The number of benzene rings is 1. The number of hydrogen-bond acceptors (Lipinski definition) is 2. The van der Waals surface area contributed by atoms with E-state index >= 15 is 0 Å². The van der Waals surface area contributed by atoms with E-state index in [0.29, 0.717) is 6.54 Å². The average Bonchev–Trinajstić information content (AvgIpc) is 2.29. The predicted octanol–water partition coefficient (Wildman–Crippen LogP) is 1.99. The van der Waals surface area contributed by atoms with Crippen molar-refractivity contribution in [1.29, 1.82) is 0 Å². The van der Waals surface area contributed by atoms with Gasteiger partial charge in [0.1, 0.15) is 5.82 Å². The quantitative estimate of drug-likeness (QED) is 0.848. The normalized spacial score (nSPS) is 19.3.